The third-order valence-corrected chi connectivity index (χ3v) is 14.7. The molecular weight excluding hydrogens is 436 g/mol. The average Bonchev–Trinajstić information content (AvgIpc) is 3.34. The van der Waals surface area contributed by atoms with Crippen molar-refractivity contribution in [2.45, 2.75) is 141 Å². The Bertz CT molecular complexity index is 699. The van der Waals surface area contributed by atoms with Gasteiger partial charge in [0, 0.05) is 0 Å². The topological polar surface area (TPSA) is 0 Å². The summed E-state index contributed by atoms with van der Waals surface area (Å²) in [6.45, 7) is 5.03. The second-order valence-electron chi connectivity index (χ2n) is 12.1. The van der Waals surface area contributed by atoms with Crippen LogP contribution in [0.25, 0.3) is 0 Å². The minimum Gasteiger partial charge on any atom is -0.0808 e. The average molecular weight is 493 g/mol. The van der Waals surface area contributed by atoms with Gasteiger partial charge in [0.1, 0.15) is 0 Å². The van der Waals surface area contributed by atoms with Gasteiger partial charge in [-0.3, -0.25) is 0 Å². The summed E-state index contributed by atoms with van der Waals surface area (Å²) in [7, 11) is -1.46. The smallest absolute Gasteiger partial charge is 0.0808 e. The molecule has 0 spiro atoms. The summed E-state index contributed by atoms with van der Waals surface area (Å²) in [4.78, 5) is 0. The lowest BCUT2D eigenvalue weighted by molar-refractivity contribution is 0.531. The van der Waals surface area contributed by atoms with Crippen LogP contribution < -0.4 is 5.19 Å². The normalized spacial score (nSPS) is 22.9. The van der Waals surface area contributed by atoms with Gasteiger partial charge in [-0.1, -0.05) is 182 Å². The molecule has 0 saturated heterocycles. The zero-order valence-corrected chi connectivity index (χ0v) is 24.4. The van der Waals surface area contributed by atoms with E-state index in [1.54, 1.807) is 5.19 Å². The van der Waals surface area contributed by atoms with Crippen molar-refractivity contribution in [2.24, 2.45) is 11.8 Å². The van der Waals surface area contributed by atoms with Gasteiger partial charge in [0.25, 0.3) is 0 Å². The molecule has 0 aliphatic heterocycles. The van der Waals surface area contributed by atoms with E-state index in [-0.39, 0.29) is 0 Å². The number of allylic oxidation sites excluding steroid dienone is 4. The predicted molar refractivity (Wildman–Crippen MR) is 160 cm³/mol. The molecular formula is C34H56Si. The summed E-state index contributed by atoms with van der Waals surface area (Å²) < 4.78 is 0. The third kappa shape index (κ3) is 9.71. The van der Waals surface area contributed by atoms with Crippen LogP contribution in [-0.4, -0.2) is 8.07 Å². The van der Waals surface area contributed by atoms with Crippen LogP contribution in [0.1, 0.15) is 122 Å². The number of rotatable bonds is 19. The van der Waals surface area contributed by atoms with Crippen molar-refractivity contribution in [1.82, 2.24) is 0 Å². The maximum atomic E-state index is 2.73. The molecule has 2 aliphatic carbocycles. The zero-order chi connectivity index (χ0) is 24.6. The first kappa shape index (κ1) is 28.5. The van der Waals surface area contributed by atoms with E-state index in [1.165, 1.54) is 122 Å². The fourth-order valence-electron chi connectivity index (χ4n) is 6.92. The van der Waals surface area contributed by atoms with E-state index in [1.807, 2.05) is 0 Å². The highest BCUT2D eigenvalue weighted by molar-refractivity contribution is 6.92. The summed E-state index contributed by atoms with van der Waals surface area (Å²) in [6.07, 6.45) is 35.8. The van der Waals surface area contributed by atoms with Crippen LogP contribution in [0.2, 0.25) is 18.1 Å². The maximum absolute atomic E-state index is 2.73. The van der Waals surface area contributed by atoms with Crippen LogP contribution in [0.15, 0.2) is 54.6 Å². The minimum absolute atomic E-state index is 0.811. The molecule has 196 valence electrons. The molecule has 3 atom stereocenters. The molecule has 0 amide bonds. The van der Waals surface area contributed by atoms with Crippen LogP contribution in [0.3, 0.4) is 0 Å². The van der Waals surface area contributed by atoms with Crippen molar-refractivity contribution in [1.29, 1.82) is 0 Å². The van der Waals surface area contributed by atoms with Gasteiger partial charge in [-0.25, -0.2) is 0 Å². The minimum atomic E-state index is -1.46. The van der Waals surface area contributed by atoms with E-state index < -0.39 is 8.07 Å². The predicted octanol–water partition coefficient (Wildman–Crippen LogP) is 10.8. The monoisotopic (exact) mass is 492 g/mol. The molecule has 0 aromatic heterocycles. The van der Waals surface area contributed by atoms with Gasteiger partial charge < -0.3 is 0 Å². The molecule has 3 unspecified atom stereocenters. The molecule has 1 fully saturated rings. The number of fused-ring (bicyclic) bond motifs is 1. The van der Waals surface area contributed by atoms with E-state index in [2.05, 4.69) is 68.1 Å². The van der Waals surface area contributed by atoms with Crippen LogP contribution in [0.4, 0.5) is 0 Å². The third-order valence-electron chi connectivity index (χ3n) is 9.38. The summed E-state index contributed by atoms with van der Waals surface area (Å²) in [5.74, 6) is 1.62. The summed E-state index contributed by atoms with van der Waals surface area (Å²) in [5, 5.41) is 1.72. The Morgan fingerprint density at radius 3 is 1.49 bits per heavy atom. The van der Waals surface area contributed by atoms with Crippen molar-refractivity contribution in [3.63, 3.8) is 0 Å². The highest BCUT2D eigenvalue weighted by Crippen LogP contribution is 2.49. The van der Waals surface area contributed by atoms with Gasteiger partial charge in [0.05, 0.1) is 8.07 Å². The Morgan fingerprint density at radius 1 is 0.600 bits per heavy atom. The van der Waals surface area contributed by atoms with Gasteiger partial charge >= 0.3 is 0 Å². The van der Waals surface area contributed by atoms with Gasteiger partial charge in [-0.05, 0) is 30.2 Å². The highest BCUT2D eigenvalue weighted by atomic mass is 28.3. The number of hydrogen-bond donors (Lipinski definition) is 0. The number of hydrogen-bond acceptors (Lipinski definition) is 0. The SMILES string of the molecule is CCCCCCCCCCCCCCCCCC[Si](C)(c1ccccc1)C1CC2C=CC=CC2C1. The van der Waals surface area contributed by atoms with Crippen LogP contribution >= 0.6 is 0 Å². The summed E-state index contributed by atoms with van der Waals surface area (Å²) in [6, 6.07) is 13.2. The molecule has 1 saturated carbocycles. The van der Waals surface area contributed by atoms with Crippen LogP contribution in [0.5, 0.6) is 0 Å². The Labute approximate surface area is 220 Å². The van der Waals surface area contributed by atoms with Crippen LogP contribution in [0, 0.1) is 11.8 Å². The summed E-state index contributed by atoms with van der Waals surface area (Å²) in [5.41, 5.74) is 0.948. The van der Waals surface area contributed by atoms with E-state index >= 15 is 0 Å². The van der Waals surface area contributed by atoms with Gasteiger partial charge in [0.2, 0.25) is 0 Å². The second-order valence-corrected chi connectivity index (χ2v) is 16.8. The maximum Gasteiger partial charge on any atom is 0.0867 e. The molecule has 35 heavy (non-hydrogen) atoms. The molecule has 1 heteroatoms. The Hall–Kier alpha value is -1.08. The molecule has 0 bridgehead atoms. The first-order chi connectivity index (χ1) is 17.2. The number of benzene rings is 1. The van der Waals surface area contributed by atoms with Gasteiger partial charge in [-0.2, -0.15) is 0 Å². The lowest BCUT2D eigenvalue weighted by Gasteiger charge is -2.35. The van der Waals surface area contributed by atoms with E-state index in [4.69, 9.17) is 0 Å². The standard InChI is InChI=1S/C34H56Si/c1-3-4-5-6-7-8-9-10-11-12-13-14-15-16-17-23-28-35(2,33-26-19-18-20-27-33)34-29-31-24-21-22-25-32(31)30-34/h18-22,24-27,31-32,34H,3-17,23,28-30H2,1-2H3. The molecule has 0 nitrogen and oxygen atoms in total. The van der Waals surface area contributed by atoms with Gasteiger partial charge in [0.15, 0.2) is 0 Å². The quantitative estimate of drug-likeness (QED) is 0.133. The van der Waals surface area contributed by atoms with E-state index in [0.717, 1.165) is 17.4 Å². The Kier molecular flexibility index (Phi) is 13.5. The Morgan fingerprint density at radius 2 is 1.03 bits per heavy atom. The van der Waals surface area contributed by atoms with Crippen molar-refractivity contribution < 1.29 is 0 Å². The van der Waals surface area contributed by atoms with Gasteiger partial charge in [-0.15, -0.1) is 0 Å². The Balaban J connectivity index is 1.26. The zero-order valence-electron chi connectivity index (χ0n) is 23.4. The lowest BCUT2D eigenvalue weighted by atomic mass is 9.92. The first-order valence-corrected chi connectivity index (χ1v) is 18.4. The van der Waals surface area contributed by atoms with E-state index in [0.29, 0.717) is 0 Å². The second kappa shape index (κ2) is 16.6. The number of unbranched alkanes of at least 4 members (excludes halogenated alkanes) is 15. The fourth-order valence-corrected chi connectivity index (χ4v) is 11.6. The molecule has 1 aromatic carbocycles. The van der Waals surface area contributed by atoms with Crippen molar-refractivity contribution in [3.05, 3.63) is 54.6 Å². The molecule has 0 heterocycles. The molecule has 1 aromatic rings. The summed E-state index contributed by atoms with van der Waals surface area (Å²) >= 11 is 0. The van der Waals surface area contributed by atoms with E-state index in [9.17, 15) is 0 Å². The van der Waals surface area contributed by atoms with Crippen molar-refractivity contribution in [3.8, 4) is 0 Å². The first-order valence-electron chi connectivity index (χ1n) is 15.6. The van der Waals surface area contributed by atoms with Crippen LogP contribution in [-0.2, 0) is 0 Å². The van der Waals surface area contributed by atoms with Crippen molar-refractivity contribution in [2.75, 3.05) is 0 Å². The molecule has 2 aliphatic rings. The lowest BCUT2D eigenvalue weighted by Crippen LogP contribution is -2.48. The molecule has 0 radical (unpaired) electrons. The molecule has 0 N–H and O–H groups in total. The highest BCUT2D eigenvalue weighted by Gasteiger charge is 2.44. The fraction of sp³-hybridized carbons (Fsp3) is 0.706. The molecule has 3 rings (SSSR count). The van der Waals surface area contributed by atoms with Crippen molar-refractivity contribution >= 4 is 13.3 Å². The largest absolute Gasteiger partial charge is 0.0867 e.